The van der Waals surface area contributed by atoms with E-state index in [-0.39, 0.29) is 41.1 Å². The molecule has 39 heavy (non-hydrogen) atoms. The molecule has 0 saturated carbocycles. The fourth-order valence-electron chi connectivity index (χ4n) is 4.45. The average molecular weight is 559 g/mol. The Morgan fingerprint density at radius 3 is 2.46 bits per heavy atom. The number of carbonyl (C=O) groups is 3. The lowest BCUT2D eigenvalue weighted by Crippen LogP contribution is -2.56. The van der Waals surface area contributed by atoms with Gasteiger partial charge in [0, 0.05) is 19.6 Å². The molecule has 206 valence electrons. The highest BCUT2D eigenvalue weighted by molar-refractivity contribution is 7.60. The fourth-order valence-corrected chi connectivity index (χ4v) is 4.99. The largest absolute Gasteiger partial charge is 0.547 e. The molecule has 0 unspecified atom stereocenters. The molecule has 14 nitrogen and oxygen atoms in total. The van der Waals surface area contributed by atoms with E-state index in [9.17, 15) is 38.9 Å². The number of hydrogen-bond acceptors (Lipinski definition) is 7. The molecule has 4 rings (SSSR count). The van der Waals surface area contributed by atoms with Gasteiger partial charge in [0.05, 0.1) is 16.8 Å². The number of carboxylic acids is 1. The number of para-hydroxylation sites is 1. The Morgan fingerprint density at radius 1 is 1.18 bits per heavy atom. The number of benzene rings is 2. The van der Waals surface area contributed by atoms with E-state index in [1.165, 1.54) is 24.3 Å². The van der Waals surface area contributed by atoms with E-state index in [4.69, 9.17) is 10.1 Å². The summed E-state index contributed by atoms with van der Waals surface area (Å²) in [4.78, 5) is 59.7. The Bertz CT molecular complexity index is 1350. The van der Waals surface area contributed by atoms with Crippen LogP contribution in [0.25, 0.3) is 0 Å². The lowest BCUT2D eigenvalue weighted by atomic mass is 9.72. The van der Waals surface area contributed by atoms with Crippen molar-refractivity contribution in [1.29, 1.82) is 5.41 Å². The Kier molecular flexibility index (Phi) is 7.98. The zero-order valence-electron chi connectivity index (χ0n) is 20.8. The molecule has 16 heteroatoms. The molecule has 2 aliphatic rings. The van der Waals surface area contributed by atoms with Crippen LogP contribution in [0.5, 0.6) is 5.75 Å². The van der Waals surface area contributed by atoms with Crippen molar-refractivity contribution in [3.8, 4) is 5.75 Å². The van der Waals surface area contributed by atoms with Crippen LogP contribution in [0.3, 0.4) is 0 Å². The summed E-state index contributed by atoms with van der Waals surface area (Å²) >= 11 is 0. The van der Waals surface area contributed by atoms with Crippen molar-refractivity contribution in [3.05, 3.63) is 59.2 Å². The second-order valence-corrected chi connectivity index (χ2v) is 10.6. The molecule has 2 aromatic rings. The van der Waals surface area contributed by atoms with E-state index in [1.54, 1.807) is 11.0 Å². The number of rotatable bonds is 7. The van der Waals surface area contributed by atoms with E-state index in [0.717, 1.165) is 17.0 Å². The van der Waals surface area contributed by atoms with Crippen LogP contribution >= 0.6 is 7.60 Å². The highest BCUT2D eigenvalue weighted by Crippen LogP contribution is 2.33. The number of likely N-dealkylation sites (N-methyl/N-ethyl adjacent to an activating group) is 1. The molecule has 0 spiro atoms. The number of nitrogens with one attached hydrogen (secondary N) is 3. The number of nitrogens with zero attached hydrogens (tertiary/aromatic N) is 2. The maximum atomic E-state index is 13.5. The van der Waals surface area contributed by atoms with Crippen LogP contribution in [0.4, 0.5) is 4.79 Å². The molecule has 0 bridgehead atoms. The van der Waals surface area contributed by atoms with Crippen LogP contribution in [-0.2, 0) is 15.8 Å². The number of amides is 3. The van der Waals surface area contributed by atoms with Crippen LogP contribution in [0.1, 0.15) is 34.5 Å². The highest BCUT2D eigenvalue weighted by Gasteiger charge is 2.40. The van der Waals surface area contributed by atoms with E-state index < -0.39 is 44.6 Å². The first-order valence-corrected chi connectivity index (χ1v) is 13.6. The van der Waals surface area contributed by atoms with Gasteiger partial charge in [0.1, 0.15) is 11.8 Å². The smallest absolute Gasteiger partial charge is 0.534 e. The van der Waals surface area contributed by atoms with Gasteiger partial charge in [-0.3, -0.25) is 19.7 Å². The van der Waals surface area contributed by atoms with E-state index >= 15 is 0 Å². The number of carboxylic acid groups (broad SMARTS) is 1. The zero-order chi connectivity index (χ0) is 28.5. The quantitative estimate of drug-likeness (QED) is 0.173. The number of carbonyl (C=O) groups excluding carboxylic acids is 2. The Morgan fingerprint density at radius 2 is 1.87 bits per heavy atom. The number of urea groups is 1. The van der Waals surface area contributed by atoms with Crippen molar-refractivity contribution in [2.75, 3.05) is 19.6 Å². The Labute approximate surface area is 223 Å². The third kappa shape index (κ3) is 5.91. The molecule has 2 atom stereocenters. The van der Waals surface area contributed by atoms with Crippen molar-refractivity contribution in [2.45, 2.75) is 25.3 Å². The second-order valence-electron chi connectivity index (χ2n) is 9.00. The summed E-state index contributed by atoms with van der Waals surface area (Å²) in [5.41, 5.74) is 0.499. The highest BCUT2D eigenvalue weighted by atomic mass is 31.2. The molecule has 2 heterocycles. The van der Waals surface area contributed by atoms with Crippen molar-refractivity contribution in [2.24, 2.45) is 0 Å². The maximum absolute atomic E-state index is 13.5. The van der Waals surface area contributed by atoms with Gasteiger partial charge in [-0.2, -0.15) is 0 Å². The summed E-state index contributed by atoms with van der Waals surface area (Å²) < 4.78 is 17.0. The summed E-state index contributed by atoms with van der Waals surface area (Å²) in [6, 6.07) is 7.20. The fraction of sp³-hybridized carbons (Fsp3) is 0.304. The Hall–Kier alpha value is -3.91. The molecule has 0 aromatic heterocycles. The van der Waals surface area contributed by atoms with Crippen molar-refractivity contribution < 1.29 is 43.5 Å². The van der Waals surface area contributed by atoms with E-state index in [0.29, 0.717) is 18.7 Å². The summed E-state index contributed by atoms with van der Waals surface area (Å²) in [5, 5.41) is 33.1. The average Bonchev–Trinajstić information content (AvgIpc) is 3.27. The third-order valence-electron chi connectivity index (χ3n) is 6.55. The molecule has 0 radical (unpaired) electrons. The van der Waals surface area contributed by atoms with Crippen LogP contribution in [0.15, 0.2) is 42.5 Å². The summed E-state index contributed by atoms with van der Waals surface area (Å²) in [6.07, 6.45) is 0.0312. The number of hydrogen-bond donors (Lipinski definition) is 7. The summed E-state index contributed by atoms with van der Waals surface area (Å²) in [5.74, 6) is -3.06. The summed E-state index contributed by atoms with van der Waals surface area (Å²) in [7, 11) is -6.15. The van der Waals surface area contributed by atoms with Crippen LogP contribution in [0.2, 0.25) is 0 Å². The minimum Gasteiger partial charge on any atom is -0.534 e. The predicted octanol–water partition coefficient (Wildman–Crippen LogP) is -0.350. The maximum Gasteiger partial charge on any atom is 0.547 e. The van der Waals surface area contributed by atoms with Gasteiger partial charge in [0.15, 0.2) is 0 Å². The van der Waals surface area contributed by atoms with Gasteiger partial charge in [-0.25, -0.2) is 9.59 Å². The minimum absolute atomic E-state index is 0.00565. The van der Waals surface area contributed by atoms with Gasteiger partial charge in [-0.1, -0.05) is 24.3 Å². The second kappa shape index (κ2) is 11.1. The normalized spacial score (nSPS) is 17.8. The molecule has 7 N–H and O–H groups in total. The van der Waals surface area contributed by atoms with Gasteiger partial charge in [0.2, 0.25) is 11.9 Å². The first-order chi connectivity index (χ1) is 18.4. The zero-order valence-corrected chi connectivity index (χ0v) is 21.7. The van der Waals surface area contributed by atoms with Gasteiger partial charge in [0.25, 0.3) is 0 Å². The van der Waals surface area contributed by atoms with Gasteiger partial charge < -0.3 is 40.1 Å². The van der Waals surface area contributed by atoms with E-state index in [1.807, 2.05) is 6.92 Å². The van der Waals surface area contributed by atoms with Crippen molar-refractivity contribution >= 4 is 43.9 Å². The van der Waals surface area contributed by atoms with Crippen LogP contribution in [0, 0.1) is 5.41 Å². The molecular formula is C23H27BN5O9P. The predicted molar refractivity (Wildman–Crippen MR) is 139 cm³/mol. The number of guanidine groups is 1. The van der Waals surface area contributed by atoms with Gasteiger partial charge >= 0.3 is 26.7 Å². The SMILES string of the molecule is CCN1CCN(C(=O)N[C@@H](C(=O)N[C@H]2Cc3cccc(C(=O)O)c3OB2O)c2ccc(P(=O)(O)O)cc2)C1=N. The van der Waals surface area contributed by atoms with Crippen molar-refractivity contribution in [1.82, 2.24) is 20.4 Å². The van der Waals surface area contributed by atoms with Crippen LogP contribution < -0.4 is 20.6 Å². The molecule has 3 amide bonds. The first-order valence-electron chi connectivity index (χ1n) is 12.0. The van der Waals surface area contributed by atoms with Crippen molar-refractivity contribution in [3.63, 3.8) is 0 Å². The van der Waals surface area contributed by atoms with Crippen LogP contribution in [-0.4, -0.2) is 86.3 Å². The molecule has 1 saturated heterocycles. The topological polar surface area (TPSA) is 213 Å². The lowest BCUT2D eigenvalue weighted by molar-refractivity contribution is -0.123. The summed E-state index contributed by atoms with van der Waals surface area (Å²) in [6.45, 7) is 3.02. The van der Waals surface area contributed by atoms with E-state index in [2.05, 4.69) is 10.6 Å². The number of fused-ring (bicyclic) bond motifs is 1. The molecule has 0 aliphatic carbocycles. The molecule has 2 aromatic carbocycles. The molecular weight excluding hydrogens is 532 g/mol. The monoisotopic (exact) mass is 559 g/mol. The molecule has 2 aliphatic heterocycles. The van der Waals surface area contributed by atoms with Gasteiger partial charge in [-0.15, -0.1) is 0 Å². The standard InChI is InChI=1S/C23H27BN5O9P/c1-2-28-10-11-29(22(28)25)23(33)27-18(13-6-8-15(9-7-13)39(35,36)37)20(30)26-17-12-14-4-3-5-16(21(31)32)19(14)38-24(17)34/h3-9,17-18,25,34H,2,10-12H2,1H3,(H,26,30)(H,27,33)(H,31,32)(H2,35,36,37)/t17-,18+/m0/s1. The first kappa shape index (κ1) is 28.1. The Balaban J connectivity index is 1.58. The molecule has 1 fully saturated rings. The number of aromatic carboxylic acids is 1. The van der Waals surface area contributed by atoms with Gasteiger partial charge in [-0.05, 0) is 42.7 Å². The minimum atomic E-state index is -4.56. The third-order valence-corrected chi connectivity index (χ3v) is 7.52. The lowest BCUT2D eigenvalue weighted by Gasteiger charge is -2.30.